The van der Waals surface area contributed by atoms with Crippen LogP contribution in [0.3, 0.4) is 0 Å². The normalized spacial score (nSPS) is 12.5. The third-order valence-corrected chi connectivity index (χ3v) is 3.17. The van der Waals surface area contributed by atoms with Crippen molar-refractivity contribution in [3.05, 3.63) is 47.9 Å². The molecule has 0 amide bonds. The first-order valence-corrected chi connectivity index (χ1v) is 6.23. The molecule has 5 heteroatoms. The predicted molar refractivity (Wildman–Crippen MR) is 74.9 cm³/mol. The van der Waals surface area contributed by atoms with E-state index in [2.05, 4.69) is 44.5 Å². The summed E-state index contributed by atoms with van der Waals surface area (Å²) in [6.07, 6.45) is 1.56. The van der Waals surface area contributed by atoms with Gasteiger partial charge in [0, 0.05) is 0 Å². The van der Waals surface area contributed by atoms with Crippen LogP contribution in [0, 0.1) is 6.92 Å². The second-order valence-electron chi connectivity index (χ2n) is 4.54. The molecule has 0 fully saturated rings. The van der Waals surface area contributed by atoms with Crippen LogP contribution in [-0.4, -0.2) is 20.2 Å². The van der Waals surface area contributed by atoms with E-state index in [9.17, 15) is 0 Å². The van der Waals surface area contributed by atoms with E-state index >= 15 is 0 Å². The number of aromatic nitrogens is 4. The summed E-state index contributed by atoms with van der Waals surface area (Å²) in [6.45, 7) is 4.05. The Bertz CT molecular complexity index is 689. The molecule has 0 aliphatic rings. The Kier molecular flexibility index (Phi) is 2.87. The van der Waals surface area contributed by atoms with Gasteiger partial charge < -0.3 is 5.32 Å². The van der Waals surface area contributed by atoms with Crippen molar-refractivity contribution in [1.82, 2.24) is 20.2 Å². The van der Waals surface area contributed by atoms with E-state index in [1.165, 1.54) is 5.56 Å². The number of hydrogen-bond acceptors (Lipinski definition) is 4. The third kappa shape index (κ3) is 2.14. The maximum Gasteiger partial charge on any atom is 0.158 e. The minimum Gasteiger partial charge on any atom is -0.362 e. The summed E-state index contributed by atoms with van der Waals surface area (Å²) in [5.74, 6) is 0.755. The van der Waals surface area contributed by atoms with Gasteiger partial charge in [-0.3, -0.25) is 5.10 Å². The summed E-state index contributed by atoms with van der Waals surface area (Å²) < 4.78 is 0. The van der Waals surface area contributed by atoms with Crippen LogP contribution in [0.5, 0.6) is 0 Å². The quantitative estimate of drug-likeness (QED) is 0.753. The van der Waals surface area contributed by atoms with Crippen LogP contribution in [0.2, 0.25) is 0 Å². The molecule has 5 nitrogen and oxygen atoms in total. The predicted octanol–water partition coefficient (Wildman–Crippen LogP) is 2.83. The summed E-state index contributed by atoms with van der Waals surface area (Å²) in [6, 6.07) is 10.4. The second kappa shape index (κ2) is 4.68. The fourth-order valence-corrected chi connectivity index (χ4v) is 2.09. The molecule has 3 aromatic rings. The van der Waals surface area contributed by atoms with Gasteiger partial charge in [-0.25, -0.2) is 9.97 Å². The van der Waals surface area contributed by atoms with Crippen LogP contribution in [0.4, 0.5) is 5.82 Å². The number of nitrogens with one attached hydrogen (secondary N) is 2. The average Bonchev–Trinajstić information content (AvgIpc) is 2.83. The van der Waals surface area contributed by atoms with E-state index in [1.54, 1.807) is 6.33 Å². The lowest BCUT2D eigenvalue weighted by Crippen LogP contribution is -2.08. The number of benzene rings is 1. The molecule has 0 saturated heterocycles. The first kappa shape index (κ1) is 11.6. The highest BCUT2D eigenvalue weighted by Crippen LogP contribution is 2.23. The summed E-state index contributed by atoms with van der Waals surface area (Å²) >= 11 is 0. The van der Waals surface area contributed by atoms with Gasteiger partial charge >= 0.3 is 0 Å². The number of aromatic amines is 1. The summed E-state index contributed by atoms with van der Waals surface area (Å²) in [4.78, 5) is 8.52. The number of rotatable bonds is 3. The van der Waals surface area contributed by atoms with Gasteiger partial charge in [0.2, 0.25) is 0 Å². The SMILES string of the molecule is Cc1[nH]nc2c(NC(C)c3ccccc3)ncnc12. The summed E-state index contributed by atoms with van der Waals surface area (Å²) in [7, 11) is 0. The van der Waals surface area contributed by atoms with Gasteiger partial charge in [-0.2, -0.15) is 5.10 Å². The van der Waals surface area contributed by atoms with Crippen LogP contribution in [-0.2, 0) is 0 Å². The zero-order valence-electron chi connectivity index (χ0n) is 10.9. The lowest BCUT2D eigenvalue weighted by molar-refractivity contribution is 0.874. The Morgan fingerprint density at radius 1 is 1.11 bits per heavy atom. The van der Waals surface area contributed by atoms with Crippen molar-refractivity contribution in [2.75, 3.05) is 5.32 Å². The molecule has 1 aromatic carbocycles. The van der Waals surface area contributed by atoms with Gasteiger partial charge in [0.1, 0.15) is 11.8 Å². The van der Waals surface area contributed by atoms with Crippen molar-refractivity contribution in [3.63, 3.8) is 0 Å². The first-order chi connectivity index (χ1) is 9.25. The lowest BCUT2D eigenvalue weighted by atomic mass is 10.1. The number of nitrogens with zero attached hydrogens (tertiary/aromatic N) is 3. The molecule has 3 rings (SSSR count). The van der Waals surface area contributed by atoms with E-state index in [4.69, 9.17) is 0 Å². The van der Waals surface area contributed by atoms with Crippen molar-refractivity contribution < 1.29 is 0 Å². The largest absolute Gasteiger partial charge is 0.362 e. The molecule has 1 atom stereocenters. The average molecular weight is 253 g/mol. The Balaban J connectivity index is 1.93. The zero-order chi connectivity index (χ0) is 13.2. The number of fused-ring (bicyclic) bond motifs is 1. The molecular formula is C14H15N5. The number of H-pyrrole nitrogens is 1. The molecule has 0 bridgehead atoms. The van der Waals surface area contributed by atoms with Crippen molar-refractivity contribution >= 4 is 16.9 Å². The van der Waals surface area contributed by atoms with Gasteiger partial charge in [0.15, 0.2) is 11.3 Å². The van der Waals surface area contributed by atoms with E-state index < -0.39 is 0 Å². The van der Waals surface area contributed by atoms with E-state index in [-0.39, 0.29) is 6.04 Å². The third-order valence-electron chi connectivity index (χ3n) is 3.17. The molecule has 0 radical (unpaired) electrons. The molecule has 0 saturated carbocycles. The molecule has 0 aliphatic carbocycles. The van der Waals surface area contributed by atoms with Gasteiger partial charge in [-0.05, 0) is 19.4 Å². The summed E-state index contributed by atoms with van der Waals surface area (Å²) in [5.41, 5.74) is 3.80. The molecular weight excluding hydrogens is 238 g/mol. The summed E-state index contributed by atoms with van der Waals surface area (Å²) in [5, 5.41) is 10.6. The Morgan fingerprint density at radius 3 is 2.68 bits per heavy atom. The van der Waals surface area contributed by atoms with Gasteiger partial charge in [0.25, 0.3) is 0 Å². The monoisotopic (exact) mass is 253 g/mol. The van der Waals surface area contributed by atoms with Crippen molar-refractivity contribution in [1.29, 1.82) is 0 Å². The van der Waals surface area contributed by atoms with Crippen LogP contribution in [0.1, 0.15) is 24.2 Å². The van der Waals surface area contributed by atoms with Gasteiger partial charge in [-0.1, -0.05) is 30.3 Å². The van der Waals surface area contributed by atoms with Crippen LogP contribution >= 0.6 is 0 Å². The standard InChI is InChI=1S/C14H15N5/c1-9(11-6-4-3-5-7-11)17-14-13-12(15-8-16-14)10(2)18-19-13/h3-9H,1-2H3,(H,18,19)(H,15,16,17). The van der Waals surface area contributed by atoms with E-state index in [0.29, 0.717) is 0 Å². The molecule has 19 heavy (non-hydrogen) atoms. The molecule has 2 heterocycles. The topological polar surface area (TPSA) is 66.5 Å². The van der Waals surface area contributed by atoms with Crippen LogP contribution < -0.4 is 5.32 Å². The van der Waals surface area contributed by atoms with Crippen LogP contribution in [0.25, 0.3) is 11.0 Å². The van der Waals surface area contributed by atoms with Crippen molar-refractivity contribution in [2.45, 2.75) is 19.9 Å². The Morgan fingerprint density at radius 2 is 1.89 bits per heavy atom. The van der Waals surface area contributed by atoms with E-state index in [1.807, 2.05) is 25.1 Å². The fourth-order valence-electron chi connectivity index (χ4n) is 2.09. The van der Waals surface area contributed by atoms with Crippen molar-refractivity contribution in [3.8, 4) is 0 Å². The molecule has 2 aromatic heterocycles. The van der Waals surface area contributed by atoms with Crippen molar-refractivity contribution in [2.24, 2.45) is 0 Å². The first-order valence-electron chi connectivity index (χ1n) is 6.23. The molecule has 2 N–H and O–H groups in total. The number of hydrogen-bond donors (Lipinski definition) is 2. The zero-order valence-corrected chi connectivity index (χ0v) is 10.9. The van der Waals surface area contributed by atoms with Gasteiger partial charge in [0.05, 0.1) is 11.7 Å². The Labute approximate surface area is 111 Å². The van der Waals surface area contributed by atoms with E-state index in [0.717, 1.165) is 22.5 Å². The highest BCUT2D eigenvalue weighted by atomic mass is 15.2. The molecule has 0 spiro atoms. The van der Waals surface area contributed by atoms with Crippen LogP contribution in [0.15, 0.2) is 36.7 Å². The fraction of sp³-hybridized carbons (Fsp3) is 0.214. The highest BCUT2D eigenvalue weighted by molar-refractivity contribution is 5.86. The smallest absolute Gasteiger partial charge is 0.158 e. The molecule has 1 unspecified atom stereocenters. The number of aryl methyl sites for hydroxylation is 1. The molecule has 0 aliphatic heterocycles. The molecule has 96 valence electrons. The minimum absolute atomic E-state index is 0.163. The second-order valence-corrected chi connectivity index (χ2v) is 4.54. The minimum atomic E-state index is 0.163. The maximum absolute atomic E-state index is 4.28. The highest BCUT2D eigenvalue weighted by Gasteiger charge is 2.12. The Hall–Kier alpha value is -2.43. The number of anilines is 1. The lowest BCUT2D eigenvalue weighted by Gasteiger charge is -2.14. The maximum atomic E-state index is 4.28. The van der Waals surface area contributed by atoms with Gasteiger partial charge in [-0.15, -0.1) is 0 Å².